The van der Waals surface area contributed by atoms with Crippen LogP contribution >= 0.6 is 0 Å². The maximum Gasteiger partial charge on any atom is 0.276 e. The zero-order valence-electron chi connectivity index (χ0n) is 21.4. The zero-order valence-corrected chi connectivity index (χ0v) is 21.4. The molecule has 1 aliphatic heterocycles. The van der Waals surface area contributed by atoms with Crippen LogP contribution < -0.4 is 16.0 Å². The Balaban J connectivity index is 1.50. The number of primary amides is 1. The lowest BCUT2D eigenvalue weighted by molar-refractivity contribution is -0.120. The number of nitrogens with one attached hydrogen (secondary N) is 1. The van der Waals surface area contributed by atoms with Crippen LogP contribution in [0, 0.1) is 11.7 Å². The number of nitrogens with two attached hydrogens (primary N) is 1. The van der Waals surface area contributed by atoms with Crippen LogP contribution in [0.5, 0.6) is 0 Å². The fourth-order valence-electron chi connectivity index (χ4n) is 5.28. The average molecular weight is 514 g/mol. The third-order valence-corrected chi connectivity index (χ3v) is 7.07. The molecule has 2 aromatic heterocycles. The van der Waals surface area contributed by atoms with Gasteiger partial charge in [-0.25, -0.2) is 9.37 Å². The minimum Gasteiger partial charge on any atom is -0.366 e. The van der Waals surface area contributed by atoms with Gasteiger partial charge < -0.3 is 20.5 Å². The van der Waals surface area contributed by atoms with Crippen molar-refractivity contribution in [2.24, 2.45) is 11.7 Å². The van der Waals surface area contributed by atoms with Crippen LogP contribution in [-0.4, -0.2) is 33.3 Å². The van der Waals surface area contributed by atoms with E-state index >= 15 is 0 Å². The van der Waals surface area contributed by atoms with E-state index in [9.17, 15) is 18.8 Å². The fourth-order valence-corrected chi connectivity index (χ4v) is 5.28. The first-order valence-corrected chi connectivity index (χ1v) is 12.5. The number of carbonyl (C=O) groups is 3. The molecule has 0 saturated carbocycles. The molecule has 2 atom stereocenters. The van der Waals surface area contributed by atoms with Crippen LogP contribution in [0.4, 0.5) is 15.8 Å². The number of rotatable bonds is 6. The highest BCUT2D eigenvalue weighted by molar-refractivity contribution is 6.11. The number of amides is 3. The number of anilines is 2. The topological polar surface area (TPSA) is 110 Å². The van der Waals surface area contributed by atoms with Gasteiger partial charge in [-0.3, -0.25) is 14.4 Å². The van der Waals surface area contributed by atoms with Gasteiger partial charge >= 0.3 is 0 Å². The van der Waals surface area contributed by atoms with Gasteiger partial charge in [-0.15, -0.1) is 0 Å². The smallest absolute Gasteiger partial charge is 0.276 e. The van der Waals surface area contributed by atoms with E-state index in [0.29, 0.717) is 12.1 Å². The number of carbonyl (C=O) groups excluding carboxylic acids is 3. The molecule has 38 heavy (non-hydrogen) atoms. The summed E-state index contributed by atoms with van der Waals surface area (Å²) in [5.74, 6) is -2.03. The number of aryl methyl sites for hydroxylation is 1. The number of pyridine rings is 1. The van der Waals surface area contributed by atoms with Crippen molar-refractivity contribution in [2.45, 2.75) is 39.8 Å². The standard InChI is InChI=1S/C29H28FN5O3/c1-4-34-24(18-5-8-21(9-6-18)35-17(3)13-16(2)29(35)38)14-19-11-12-32-25(26(19)34)28(37)33-20-7-10-23(30)22(15-20)27(31)36/h5-12,14-17H,4,13H2,1-3H3,(H2,31,36)(H,33,37). The van der Waals surface area contributed by atoms with Gasteiger partial charge in [0.2, 0.25) is 5.91 Å². The molecule has 4 aromatic rings. The molecule has 2 aromatic carbocycles. The molecule has 3 amide bonds. The van der Waals surface area contributed by atoms with Crippen molar-refractivity contribution in [3.8, 4) is 11.3 Å². The molecule has 1 saturated heterocycles. The quantitative estimate of drug-likeness (QED) is 0.379. The Morgan fingerprint density at radius 2 is 1.84 bits per heavy atom. The molecule has 1 fully saturated rings. The maximum absolute atomic E-state index is 13.9. The highest BCUT2D eigenvalue weighted by Crippen LogP contribution is 2.34. The SMILES string of the molecule is CCn1c(-c2ccc(N3C(=O)C(C)CC3C)cc2)cc2ccnc(C(=O)Nc3ccc(F)c(C(N)=O)c3)c21. The summed E-state index contributed by atoms with van der Waals surface area (Å²) in [4.78, 5) is 43.6. The maximum atomic E-state index is 13.9. The molecule has 3 heterocycles. The molecule has 2 unspecified atom stereocenters. The predicted octanol–water partition coefficient (Wildman–Crippen LogP) is 4.97. The Labute approximate surface area is 219 Å². The lowest BCUT2D eigenvalue weighted by Gasteiger charge is -2.22. The van der Waals surface area contributed by atoms with Crippen molar-refractivity contribution in [2.75, 3.05) is 10.2 Å². The Morgan fingerprint density at radius 1 is 1.11 bits per heavy atom. The third kappa shape index (κ3) is 4.30. The van der Waals surface area contributed by atoms with Crippen LogP contribution in [-0.2, 0) is 11.3 Å². The summed E-state index contributed by atoms with van der Waals surface area (Å²) >= 11 is 0. The van der Waals surface area contributed by atoms with E-state index in [-0.39, 0.29) is 34.8 Å². The van der Waals surface area contributed by atoms with E-state index in [1.54, 1.807) is 6.20 Å². The van der Waals surface area contributed by atoms with Crippen molar-refractivity contribution >= 4 is 40.0 Å². The van der Waals surface area contributed by atoms with Crippen LogP contribution in [0.15, 0.2) is 60.8 Å². The monoisotopic (exact) mass is 513 g/mol. The van der Waals surface area contributed by atoms with Gasteiger partial charge in [0.05, 0.1) is 11.1 Å². The minimum absolute atomic E-state index is 0.0154. The Kier molecular flexibility index (Phi) is 6.44. The Morgan fingerprint density at radius 3 is 2.47 bits per heavy atom. The Hall–Kier alpha value is -4.53. The van der Waals surface area contributed by atoms with Gasteiger partial charge in [-0.05, 0) is 68.3 Å². The Bertz CT molecular complexity index is 1580. The van der Waals surface area contributed by atoms with Gasteiger partial charge in [0, 0.05) is 47.2 Å². The summed E-state index contributed by atoms with van der Waals surface area (Å²) in [6.45, 7) is 6.58. The second kappa shape index (κ2) is 9.74. The average Bonchev–Trinajstić information content (AvgIpc) is 3.40. The van der Waals surface area contributed by atoms with Crippen molar-refractivity contribution in [1.29, 1.82) is 0 Å². The molecule has 1 aliphatic rings. The predicted molar refractivity (Wildman–Crippen MR) is 144 cm³/mol. The molecule has 0 radical (unpaired) electrons. The molecular formula is C29H28FN5O3. The summed E-state index contributed by atoms with van der Waals surface area (Å²) in [5, 5.41) is 3.53. The van der Waals surface area contributed by atoms with E-state index < -0.39 is 17.6 Å². The molecule has 3 N–H and O–H groups in total. The largest absolute Gasteiger partial charge is 0.366 e. The number of benzene rings is 2. The van der Waals surface area contributed by atoms with Gasteiger partial charge in [0.1, 0.15) is 5.82 Å². The van der Waals surface area contributed by atoms with Crippen LogP contribution in [0.25, 0.3) is 22.2 Å². The molecular weight excluding hydrogens is 485 g/mol. The molecule has 8 nitrogen and oxygen atoms in total. The number of hydrogen-bond acceptors (Lipinski definition) is 4. The number of nitrogens with zero attached hydrogens (tertiary/aromatic N) is 3. The van der Waals surface area contributed by atoms with E-state index in [2.05, 4.69) is 17.2 Å². The first-order chi connectivity index (χ1) is 18.2. The minimum atomic E-state index is -0.924. The highest BCUT2D eigenvalue weighted by atomic mass is 19.1. The molecule has 0 aliphatic carbocycles. The van der Waals surface area contributed by atoms with Crippen molar-refractivity contribution in [3.05, 3.63) is 77.9 Å². The number of halogens is 1. The molecule has 0 bridgehead atoms. The van der Waals surface area contributed by atoms with E-state index in [1.807, 2.05) is 59.7 Å². The molecule has 9 heteroatoms. The third-order valence-electron chi connectivity index (χ3n) is 7.07. The molecule has 194 valence electrons. The van der Waals surface area contributed by atoms with E-state index in [4.69, 9.17) is 5.73 Å². The summed E-state index contributed by atoms with van der Waals surface area (Å²) in [6, 6.07) is 15.5. The van der Waals surface area contributed by atoms with Gasteiger partial charge in [-0.1, -0.05) is 19.1 Å². The molecule has 0 spiro atoms. The summed E-state index contributed by atoms with van der Waals surface area (Å²) < 4.78 is 15.9. The second-order valence-corrected chi connectivity index (χ2v) is 9.63. The first-order valence-electron chi connectivity index (χ1n) is 12.5. The van der Waals surface area contributed by atoms with Crippen molar-refractivity contribution in [3.63, 3.8) is 0 Å². The van der Waals surface area contributed by atoms with Crippen LogP contribution in [0.3, 0.4) is 0 Å². The number of aromatic nitrogens is 2. The van der Waals surface area contributed by atoms with Crippen molar-refractivity contribution < 1.29 is 18.8 Å². The van der Waals surface area contributed by atoms with Gasteiger partial charge in [0.25, 0.3) is 11.8 Å². The number of hydrogen-bond donors (Lipinski definition) is 2. The van der Waals surface area contributed by atoms with Crippen molar-refractivity contribution in [1.82, 2.24) is 9.55 Å². The summed E-state index contributed by atoms with van der Waals surface area (Å²) in [7, 11) is 0. The summed E-state index contributed by atoms with van der Waals surface area (Å²) in [5.41, 5.74) is 8.72. The first kappa shape index (κ1) is 25.1. The van der Waals surface area contributed by atoms with Crippen LogP contribution in [0.2, 0.25) is 0 Å². The fraction of sp³-hybridized carbons (Fsp3) is 0.241. The van der Waals surface area contributed by atoms with Crippen LogP contribution in [0.1, 0.15) is 48.0 Å². The second-order valence-electron chi connectivity index (χ2n) is 9.63. The van der Waals surface area contributed by atoms with Gasteiger partial charge in [0.15, 0.2) is 5.69 Å². The van der Waals surface area contributed by atoms with E-state index in [1.165, 1.54) is 12.1 Å². The summed E-state index contributed by atoms with van der Waals surface area (Å²) in [6.07, 6.45) is 2.40. The normalized spacial score (nSPS) is 17.3. The lowest BCUT2D eigenvalue weighted by Crippen LogP contribution is -2.31. The van der Waals surface area contributed by atoms with Gasteiger partial charge in [-0.2, -0.15) is 0 Å². The molecule has 5 rings (SSSR count). The van der Waals surface area contributed by atoms with E-state index in [0.717, 1.165) is 34.8 Å². The zero-order chi connectivity index (χ0) is 27.1. The highest BCUT2D eigenvalue weighted by Gasteiger charge is 2.35. The lowest BCUT2D eigenvalue weighted by atomic mass is 10.1. The number of fused-ring (bicyclic) bond motifs is 1.